The highest BCUT2D eigenvalue weighted by atomic mass is 19.3. The van der Waals surface area contributed by atoms with E-state index < -0.39 is 36.9 Å². The largest absolute Gasteiger partial charge is 0.296 e. The molecule has 1 saturated carbocycles. The van der Waals surface area contributed by atoms with Crippen LogP contribution < -0.4 is 0 Å². The molecule has 0 saturated heterocycles. The van der Waals surface area contributed by atoms with Crippen LogP contribution in [0, 0.1) is 5.92 Å². The molecule has 0 unspecified atom stereocenters. The van der Waals surface area contributed by atoms with Gasteiger partial charge in [0, 0.05) is 18.8 Å². The molecular formula is C8H10F4O. The summed E-state index contributed by atoms with van der Waals surface area (Å²) in [7, 11) is 0. The molecule has 0 amide bonds. The molecule has 0 N–H and O–H groups in total. The fourth-order valence-electron chi connectivity index (χ4n) is 1.50. The van der Waals surface area contributed by atoms with Crippen molar-refractivity contribution in [2.24, 2.45) is 5.92 Å². The van der Waals surface area contributed by atoms with Crippen molar-refractivity contribution in [3.05, 3.63) is 0 Å². The van der Waals surface area contributed by atoms with Crippen LogP contribution in [0.2, 0.25) is 0 Å². The Morgan fingerprint density at radius 1 is 1.23 bits per heavy atom. The summed E-state index contributed by atoms with van der Waals surface area (Å²) in [6.45, 7) is 0. The number of ketones is 1. The Kier molecular flexibility index (Phi) is 2.93. The summed E-state index contributed by atoms with van der Waals surface area (Å²) in [5, 5.41) is 0. The van der Waals surface area contributed by atoms with Crippen LogP contribution >= 0.6 is 0 Å². The summed E-state index contributed by atoms with van der Waals surface area (Å²) >= 11 is 0. The highest BCUT2D eigenvalue weighted by Crippen LogP contribution is 2.37. The van der Waals surface area contributed by atoms with Gasteiger partial charge in [-0.15, -0.1) is 0 Å². The monoisotopic (exact) mass is 198 g/mol. The predicted molar refractivity (Wildman–Crippen MR) is 37.9 cm³/mol. The van der Waals surface area contributed by atoms with Gasteiger partial charge in [-0.3, -0.25) is 4.79 Å². The Labute approximate surface area is 73.1 Å². The standard InChI is InChI=1S/C8H10F4O/c9-7(10)6(13)5-1-3-8(11,12)4-2-5/h5,7H,1-4H2. The van der Waals surface area contributed by atoms with E-state index in [0.717, 1.165) is 0 Å². The van der Waals surface area contributed by atoms with Crippen molar-refractivity contribution in [1.82, 2.24) is 0 Å². The van der Waals surface area contributed by atoms with Crippen molar-refractivity contribution in [3.63, 3.8) is 0 Å². The Balaban J connectivity index is 2.46. The average Bonchev–Trinajstić information content (AvgIpc) is 2.03. The minimum atomic E-state index is -3.02. The maximum Gasteiger partial charge on any atom is 0.296 e. The third-order valence-corrected chi connectivity index (χ3v) is 2.33. The average molecular weight is 198 g/mol. The van der Waals surface area contributed by atoms with E-state index in [0.29, 0.717) is 0 Å². The molecule has 1 aliphatic carbocycles. The molecule has 0 bridgehead atoms. The number of halogens is 4. The number of Topliss-reactive ketones (excluding diaryl/α,β-unsaturated/α-hetero) is 1. The van der Waals surface area contributed by atoms with Crippen LogP contribution in [-0.4, -0.2) is 18.1 Å². The van der Waals surface area contributed by atoms with Crippen LogP contribution in [0.5, 0.6) is 0 Å². The highest BCUT2D eigenvalue weighted by Gasteiger charge is 2.39. The third kappa shape index (κ3) is 2.67. The lowest BCUT2D eigenvalue weighted by Gasteiger charge is -2.26. The molecule has 0 aromatic carbocycles. The smallest absolute Gasteiger partial charge is 0.293 e. The summed E-state index contributed by atoms with van der Waals surface area (Å²) in [6.07, 6.45) is -4.14. The molecule has 0 atom stereocenters. The van der Waals surface area contributed by atoms with Gasteiger partial charge in [-0.05, 0) is 12.8 Å². The number of carbonyl (C=O) groups excluding carboxylic acids is 1. The van der Waals surface area contributed by atoms with Crippen molar-refractivity contribution in [2.75, 3.05) is 0 Å². The summed E-state index contributed by atoms with van der Waals surface area (Å²) in [6, 6.07) is 0. The number of rotatable bonds is 2. The van der Waals surface area contributed by atoms with Gasteiger partial charge in [0.1, 0.15) is 0 Å². The maximum atomic E-state index is 12.5. The predicted octanol–water partition coefficient (Wildman–Crippen LogP) is 2.65. The first kappa shape index (κ1) is 10.5. The molecule has 0 radical (unpaired) electrons. The SMILES string of the molecule is O=C(C(F)F)C1CCC(F)(F)CC1. The van der Waals surface area contributed by atoms with Gasteiger partial charge in [-0.25, -0.2) is 17.6 Å². The molecule has 5 heteroatoms. The number of carbonyl (C=O) groups is 1. The fourth-order valence-corrected chi connectivity index (χ4v) is 1.50. The second-order valence-corrected chi connectivity index (χ2v) is 3.33. The van der Waals surface area contributed by atoms with E-state index >= 15 is 0 Å². The zero-order chi connectivity index (χ0) is 10.1. The van der Waals surface area contributed by atoms with Gasteiger partial charge in [0.2, 0.25) is 11.7 Å². The van der Waals surface area contributed by atoms with Crippen LogP contribution in [0.1, 0.15) is 25.7 Å². The minimum absolute atomic E-state index is 0.115. The molecule has 13 heavy (non-hydrogen) atoms. The van der Waals surface area contributed by atoms with Crippen LogP contribution in [0.25, 0.3) is 0 Å². The Bertz CT molecular complexity index is 192. The lowest BCUT2D eigenvalue weighted by atomic mass is 9.84. The van der Waals surface area contributed by atoms with E-state index in [4.69, 9.17) is 0 Å². The number of hydrogen-bond donors (Lipinski definition) is 0. The lowest BCUT2D eigenvalue weighted by molar-refractivity contribution is -0.137. The van der Waals surface area contributed by atoms with Crippen LogP contribution in [0.15, 0.2) is 0 Å². The molecule has 0 heterocycles. The van der Waals surface area contributed by atoms with Gasteiger partial charge in [0.05, 0.1) is 0 Å². The van der Waals surface area contributed by atoms with E-state index in [-0.39, 0.29) is 12.8 Å². The molecule has 1 nitrogen and oxygen atoms in total. The molecule has 0 spiro atoms. The first-order chi connectivity index (χ1) is 5.92. The van der Waals surface area contributed by atoms with E-state index in [1.807, 2.05) is 0 Å². The summed E-state index contributed by atoms with van der Waals surface area (Å²) in [4.78, 5) is 10.7. The normalized spacial score (nSPS) is 23.5. The molecule has 1 rings (SSSR count). The number of hydrogen-bond acceptors (Lipinski definition) is 1. The lowest BCUT2D eigenvalue weighted by Crippen LogP contribution is -2.31. The molecule has 1 fully saturated rings. The molecular weight excluding hydrogens is 188 g/mol. The highest BCUT2D eigenvalue weighted by molar-refractivity contribution is 5.84. The summed E-state index contributed by atoms with van der Waals surface area (Å²) in [5.41, 5.74) is 0. The Morgan fingerprint density at radius 2 is 1.69 bits per heavy atom. The molecule has 76 valence electrons. The zero-order valence-corrected chi connectivity index (χ0v) is 6.90. The first-order valence-electron chi connectivity index (χ1n) is 4.12. The van der Waals surface area contributed by atoms with Crippen LogP contribution in [0.4, 0.5) is 17.6 Å². The van der Waals surface area contributed by atoms with Gasteiger partial charge in [-0.2, -0.15) is 0 Å². The van der Waals surface area contributed by atoms with Crippen molar-refractivity contribution in [1.29, 1.82) is 0 Å². The molecule has 1 aliphatic rings. The van der Waals surface area contributed by atoms with Crippen molar-refractivity contribution in [2.45, 2.75) is 38.0 Å². The Hall–Kier alpha value is -0.610. The topological polar surface area (TPSA) is 17.1 Å². The van der Waals surface area contributed by atoms with Crippen LogP contribution in [0.3, 0.4) is 0 Å². The van der Waals surface area contributed by atoms with E-state index in [9.17, 15) is 22.4 Å². The van der Waals surface area contributed by atoms with E-state index in [1.165, 1.54) is 0 Å². The van der Waals surface area contributed by atoms with Gasteiger partial charge in [0.25, 0.3) is 6.43 Å². The van der Waals surface area contributed by atoms with Crippen molar-refractivity contribution in [3.8, 4) is 0 Å². The first-order valence-corrected chi connectivity index (χ1v) is 4.12. The third-order valence-electron chi connectivity index (χ3n) is 2.33. The zero-order valence-electron chi connectivity index (χ0n) is 6.90. The van der Waals surface area contributed by atoms with Crippen molar-refractivity contribution < 1.29 is 22.4 Å². The molecule has 0 aliphatic heterocycles. The second kappa shape index (κ2) is 3.64. The van der Waals surface area contributed by atoms with E-state index in [1.54, 1.807) is 0 Å². The Morgan fingerprint density at radius 3 is 2.08 bits per heavy atom. The van der Waals surface area contributed by atoms with Gasteiger partial charge >= 0.3 is 0 Å². The van der Waals surface area contributed by atoms with Crippen molar-refractivity contribution >= 4 is 5.78 Å². The quantitative estimate of drug-likeness (QED) is 0.623. The van der Waals surface area contributed by atoms with Gasteiger partial charge in [0.15, 0.2) is 0 Å². The molecule has 0 aromatic heterocycles. The summed E-state index contributed by atoms with van der Waals surface area (Å²) in [5.74, 6) is -4.81. The fraction of sp³-hybridized carbons (Fsp3) is 0.875. The number of alkyl halides is 4. The van der Waals surface area contributed by atoms with Gasteiger partial charge in [-0.1, -0.05) is 0 Å². The van der Waals surface area contributed by atoms with Gasteiger partial charge < -0.3 is 0 Å². The maximum absolute atomic E-state index is 12.5. The molecule has 0 aromatic rings. The minimum Gasteiger partial charge on any atom is -0.293 e. The second-order valence-electron chi connectivity index (χ2n) is 3.33. The summed E-state index contributed by atoms with van der Waals surface area (Å²) < 4.78 is 48.8. The van der Waals surface area contributed by atoms with Crippen LogP contribution in [-0.2, 0) is 4.79 Å². The van der Waals surface area contributed by atoms with E-state index in [2.05, 4.69) is 0 Å².